The Labute approximate surface area is 76.9 Å². The Balaban J connectivity index is 2.49. The van der Waals surface area contributed by atoms with Gasteiger partial charge in [-0.1, -0.05) is 12.1 Å². The molecule has 72 valence electrons. The number of carbonyl (C=O) groups excluding carboxylic acids is 1. The van der Waals surface area contributed by atoms with Crippen molar-refractivity contribution < 1.29 is 4.79 Å². The van der Waals surface area contributed by atoms with E-state index in [9.17, 15) is 4.79 Å². The summed E-state index contributed by atoms with van der Waals surface area (Å²) >= 11 is 0. The van der Waals surface area contributed by atoms with Crippen LogP contribution >= 0.6 is 0 Å². The Morgan fingerprint density at radius 2 is 2.46 bits per heavy atom. The zero-order valence-electron chi connectivity index (χ0n) is 7.73. The quantitative estimate of drug-likeness (QED) is 0.701. The molecule has 0 aliphatic carbocycles. The predicted molar refractivity (Wildman–Crippen MR) is 47.8 cm³/mol. The first-order valence-corrected chi connectivity index (χ1v) is 4.37. The molecule has 0 spiro atoms. The molecule has 0 atom stereocenters. The summed E-state index contributed by atoms with van der Waals surface area (Å²) in [6.07, 6.45) is 3.17. The first kappa shape index (κ1) is 9.85. The number of Topliss-reactive ketones (excluding diaryl/α,β-unsaturated/α-hetero) is 1. The van der Waals surface area contributed by atoms with Crippen molar-refractivity contribution in [3.63, 3.8) is 0 Å². The summed E-state index contributed by atoms with van der Waals surface area (Å²) in [7, 11) is 0. The fourth-order valence-corrected chi connectivity index (χ4v) is 1.05. The fourth-order valence-electron chi connectivity index (χ4n) is 1.05. The molecule has 0 radical (unpaired) electrons. The Morgan fingerprint density at radius 3 is 3.00 bits per heavy atom. The van der Waals surface area contributed by atoms with Crippen molar-refractivity contribution in [2.24, 2.45) is 5.73 Å². The van der Waals surface area contributed by atoms with Gasteiger partial charge in [0.05, 0.1) is 11.9 Å². The summed E-state index contributed by atoms with van der Waals surface area (Å²) < 4.78 is 1.53. The van der Waals surface area contributed by atoms with Crippen LogP contribution in [0, 0.1) is 0 Å². The van der Waals surface area contributed by atoms with E-state index in [0.717, 1.165) is 6.42 Å². The van der Waals surface area contributed by atoms with E-state index in [-0.39, 0.29) is 5.78 Å². The minimum atomic E-state index is 0.177. The Morgan fingerprint density at radius 1 is 1.69 bits per heavy atom. The first-order valence-electron chi connectivity index (χ1n) is 4.37. The standard InChI is InChI=1S/C8H14N4O/c1-2-3-8(13)6-12-5-7(4-9)10-11-12/h5H,2-4,6,9H2,1H3. The maximum atomic E-state index is 11.2. The molecule has 0 aromatic carbocycles. The molecule has 0 saturated carbocycles. The van der Waals surface area contributed by atoms with Gasteiger partial charge in [-0.25, -0.2) is 4.68 Å². The summed E-state index contributed by atoms with van der Waals surface area (Å²) in [5.41, 5.74) is 6.06. The van der Waals surface area contributed by atoms with Gasteiger partial charge in [-0.3, -0.25) is 4.79 Å². The highest BCUT2D eigenvalue weighted by Gasteiger charge is 2.03. The van der Waals surface area contributed by atoms with Crippen LogP contribution in [0.5, 0.6) is 0 Å². The van der Waals surface area contributed by atoms with Crippen LogP contribution in [0.15, 0.2) is 6.20 Å². The highest BCUT2D eigenvalue weighted by Crippen LogP contribution is 1.95. The van der Waals surface area contributed by atoms with Gasteiger partial charge < -0.3 is 5.73 Å². The van der Waals surface area contributed by atoms with Crippen LogP contribution in [0.4, 0.5) is 0 Å². The zero-order chi connectivity index (χ0) is 9.68. The second-order valence-corrected chi connectivity index (χ2v) is 2.90. The number of hydrogen-bond acceptors (Lipinski definition) is 4. The van der Waals surface area contributed by atoms with Gasteiger partial charge in [-0.05, 0) is 6.42 Å². The maximum absolute atomic E-state index is 11.2. The third-order valence-electron chi connectivity index (χ3n) is 1.66. The van der Waals surface area contributed by atoms with Gasteiger partial charge in [0.1, 0.15) is 6.54 Å². The molecule has 1 aromatic heterocycles. The van der Waals surface area contributed by atoms with Crippen molar-refractivity contribution in [2.75, 3.05) is 0 Å². The van der Waals surface area contributed by atoms with Crippen molar-refractivity contribution in [3.05, 3.63) is 11.9 Å². The van der Waals surface area contributed by atoms with E-state index in [1.54, 1.807) is 6.20 Å². The molecule has 0 unspecified atom stereocenters. The number of nitrogens with zero attached hydrogens (tertiary/aromatic N) is 3. The number of ketones is 1. The van der Waals surface area contributed by atoms with Crippen molar-refractivity contribution in [2.45, 2.75) is 32.9 Å². The lowest BCUT2D eigenvalue weighted by Crippen LogP contribution is -2.10. The lowest BCUT2D eigenvalue weighted by atomic mass is 10.2. The van der Waals surface area contributed by atoms with Gasteiger partial charge in [0, 0.05) is 13.0 Å². The van der Waals surface area contributed by atoms with E-state index in [1.165, 1.54) is 4.68 Å². The molecule has 1 heterocycles. The third-order valence-corrected chi connectivity index (χ3v) is 1.66. The SMILES string of the molecule is CCCC(=O)Cn1cc(CN)nn1. The minimum Gasteiger partial charge on any atom is -0.325 e. The van der Waals surface area contributed by atoms with Gasteiger partial charge in [0.15, 0.2) is 5.78 Å². The van der Waals surface area contributed by atoms with Crippen molar-refractivity contribution in [3.8, 4) is 0 Å². The van der Waals surface area contributed by atoms with Gasteiger partial charge in [0.2, 0.25) is 0 Å². The smallest absolute Gasteiger partial charge is 0.154 e. The molecule has 13 heavy (non-hydrogen) atoms. The molecular formula is C8H14N4O. The molecule has 0 amide bonds. The minimum absolute atomic E-state index is 0.177. The molecular weight excluding hydrogens is 168 g/mol. The monoisotopic (exact) mass is 182 g/mol. The molecule has 0 aliphatic rings. The topological polar surface area (TPSA) is 73.8 Å². The van der Waals surface area contributed by atoms with Gasteiger partial charge in [-0.15, -0.1) is 5.10 Å². The molecule has 5 nitrogen and oxygen atoms in total. The largest absolute Gasteiger partial charge is 0.325 e. The number of hydrogen-bond donors (Lipinski definition) is 1. The van der Waals surface area contributed by atoms with Crippen molar-refractivity contribution in [1.82, 2.24) is 15.0 Å². The van der Waals surface area contributed by atoms with E-state index >= 15 is 0 Å². The molecule has 0 fully saturated rings. The van der Waals surface area contributed by atoms with Gasteiger partial charge >= 0.3 is 0 Å². The molecule has 0 bridgehead atoms. The summed E-state index contributed by atoms with van der Waals surface area (Å²) in [5.74, 6) is 0.177. The van der Waals surface area contributed by atoms with E-state index in [1.807, 2.05) is 6.92 Å². The van der Waals surface area contributed by atoms with Crippen LogP contribution in [-0.2, 0) is 17.9 Å². The highest BCUT2D eigenvalue weighted by molar-refractivity contribution is 5.77. The average Bonchev–Trinajstić information content (AvgIpc) is 2.52. The second-order valence-electron chi connectivity index (χ2n) is 2.90. The number of aromatic nitrogens is 3. The summed E-state index contributed by atoms with van der Waals surface area (Å²) in [4.78, 5) is 11.2. The predicted octanol–water partition coefficient (Wildman–Crippen LogP) is 0.106. The lowest BCUT2D eigenvalue weighted by molar-refractivity contribution is -0.119. The molecule has 2 N–H and O–H groups in total. The van der Waals surface area contributed by atoms with Crippen LogP contribution < -0.4 is 5.73 Å². The lowest BCUT2D eigenvalue weighted by Gasteiger charge is -1.96. The number of carbonyl (C=O) groups is 1. The molecule has 1 rings (SSSR count). The zero-order valence-corrected chi connectivity index (χ0v) is 7.73. The number of nitrogens with two attached hydrogens (primary N) is 1. The second kappa shape index (κ2) is 4.71. The summed E-state index contributed by atoms with van der Waals surface area (Å²) in [6, 6.07) is 0. The number of rotatable bonds is 5. The molecule has 0 saturated heterocycles. The van der Waals surface area contributed by atoms with Crippen LogP contribution in [0.25, 0.3) is 0 Å². The van der Waals surface area contributed by atoms with E-state index in [4.69, 9.17) is 5.73 Å². The van der Waals surface area contributed by atoms with Crippen LogP contribution in [0.2, 0.25) is 0 Å². The molecule has 0 aliphatic heterocycles. The Bertz CT molecular complexity index is 281. The van der Waals surface area contributed by atoms with E-state index in [0.29, 0.717) is 25.2 Å². The Kier molecular flexibility index (Phi) is 3.57. The van der Waals surface area contributed by atoms with Crippen LogP contribution in [0.1, 0.15) is 25.5 Å². The van der Waals surface area contributed by atoms with Crippen LogP contribution in [0.3, 0.4) is 0 Å². The Hall–Kier alpha value is -1.23. The van der Waals surface area contributed by atoms with Crippen molar-refractivity contribution in [1.29, 1.82) is 0 Å². The summed E-state index contributed by atoms with van der Waals surface area (Å²) in [6.45, 7) is 2.65. The molecule has 1 aromatic rings. The normalized spacial score (nSPS) is 10.3. The third kappa shape index (κ3) is 2.95. The van der Waals surface area contributed by atoms with Gasteiger partial charge in [0.25, 0.3) is 0 Å². The van der Waals surface area contributed by atoms with Crippen molar-refractivity contribution >= 4 is 5.78 Å². The van der Waals surface area contributed by atoms with Gasteiger partial charge in [-0.2, -0.15) is 0 Å². The first-order chi connectivity index (χ1) is 6.26. The average molecular weight is 182 g/mol. The van der Waals surface area contributed by atoms with Crippen LogP contribution in [-0.4, -0.2) is 20.8 Å². The van der Waals surface area contributed by atoms with E-state index < -0.39 is 0 Å². The van der Waals surface area contributed by atoms with E-state index in [2.05, 4.69) is 10.3 Å². The maximum Gasteiger partial charge on any atom is 0.154 e. The molecule has 5 heteroatoms. The fraction of sp³-hybridized carbons (Fsp3) is 0.625. The highest BCUT2D eigenvalue weighted by atomic mass is 16.1. The summed E-state index contributed by atoms with van der Waals surface area (Å²) in [5, 5.41) is 7.56.